The van der Waals surface area contributed by atoms with Gasteiger partial charge in [0.1, 0.15) is 0 Å². The zero-order valence-corrected chi connectivity index (χ0v) is 18.2. The van der Waals surface area contributed by atoms with E-state index in [4.69, 9.17) is 15.2 Å². The number of benzene rings is 1. The summed E-state index contributed by atoms with van der Waals surface area (Å²) < 4.78 is 10.6. The van der Waals surface area contributed by atoms with Crippen LogP contribution in [-0.4, -0.2) is 32.8 Å². The molecule has 6 heteroatoms. The summed E-state index contributed by atoms with van der Waals surface area (Å²) in [4.78, 5) is 4.49. The molecule has 1 aromatic carbocycles. The van der Waals surface area contributed by atoms with Crippen molar-refractivity contribution in [2.45, 2.75) is 51.0 Å². The summed E-state index contributed by atoms with van der Waals surface area (Å²) >= 11 is 0. The Hall–Kier alpha value is -1.18. The zero-order chi connectivity index (χ0) is 17.6. The number of rotatable bonds is 7. The fourth-order valence-electron chi connectivity index (χ4n) is 4.04. The number of nitrogens with zero attached hydrogens (tertiary/aromatic N) is 1. The normalized spacial score (nSPS) is 23.1. The van der Waals surface area contributed by atoms with Crippen LogP contribution in [0.4, 0.5) is 0 Å². The molecule has 0 spiro atoms. The Bertz CT molecular complexity index is 603. The standard InChI is InChI=1S/C20H31N3O2.HI/c1-24-18-9-8-14(12-19(18)25-2)10-11-22-20(21)23-17-13-16(17)15-6-4-3-5-7-15;/h8-9,12,15-17H,3-7,10-11,13H2,1-2H3,(H3,21,22,23);1H. The molecule has 1 aromatic rings. The topological polar surface area (TPSA) is 68.9 Å². The molecule has 2 unspecified atom stereocenters. The molecule has 2 aliphatic rings. The molecule has 2 saturated carbocycles. The number of guanidine groups is 1. The number of aliphatic imine (C=N–C) groups is 1. The predicted octanol–water partition coefficient (Wildman–Crippen LogP) is 3.74. The second-order valence-electron chi connectivity index (χ2n) is 7.25. The molecule has 3 rings (SSSR count). The van der Waals surface area contributed by atoms with Crippen molar-refractivity contribution in [3.05, 3.63) is 23.8 Å². The highest BCUT2D eigenvalue weighted by molar-refractivity contribution is 14.0. The van der Waals surface area contributed by atoms with E-state index in [0.29, 0.717) is 18.5 Å². The maximum absolute atomic E-state index is 6.07. The van der Waals surface area contributed by atoms with E-state index in [9.17, 15) is 0 Å². The van der Waals surface area contributed by atoms with Crippen LogP contribution in [0.1, 0.15) is 44.1 Å². The predicted molar refractivity (Wildman–Crippen MR) is 117 cm³/mol. The fraction of sp³-hybridized carbons (Fsp3) is 0.650. The van der Waals surface area contributed by atoms with Crippen LogP contribution in [0.3, 0.4) is 0 Å². The number of nitrogens with two attached hydrogens (primary N) is 1. The Morgan fingerprint density at radius 1 is 1.15 bits per heavy atom. The Labute approximate surface area is 174 Å². The molecule has 0 heterocycles. The van der Waals surface area contributed by atoms with Crippen molar-refractivity contribution in [1.29, 1.82) is 0 Å². The van der Waals surface area contributed by atoms with Gasteiger partial charge in [0.2, 0.25) is 0 Å². The Morgan fingerprint density at radius 3 is 2.58 bits per heavy atom. The maximum atomic E-state index is 6.07. The summed E-state index contributed by atoms with van der Waals surface area (Å²) in [5, 5.41) is 3.41. The first-order valence-electron chi connectivity index (χ1n) is 9.48. The summed E-state index contributed by atoms with van der Waals surface area (Å²) in [6, 6.07) is 6.52. The molecule has 0 aromatic heterocycles. The molecule has 26 heavy (non-hydrogen) atoms. The molecule has 0 amide bonds. The van der Waals surface area contributed by atoms with E-state index in [1.54, 1.807) is 14.2 Å². The third-order valence-electron chi connectivity index (χ3n) is 5.56. The monoisotopic (exact) mass is 473 g/mol. The van der Waals surface area contributed by atoms with Gasteiger partial charge in [-0.05, 0) is 42.4 Å². The van der Waals surface area contributed by atoms with Crippen LogP contribution in [0.25, 0.3) is 0 Å². The largest absolute Gasteiger partial charge is 0.493 e. The van der Waals surface area contributed by atoms with Gasteiger partial charge in [-0.1, -0.05) is 38.2 Å². The second-order valence-corrected chi connectivity index (χ2v) is 7.25. The summed E-state index contributed by atoms with van der Waals surface area (Å²) in [6.07, 6.45) is 9.13. The molecule has 5 nitrogen and oxygen atoms in total. The molecule has 0 saturated heterocycles. The lowest BCUT2D eigenvalue weighted by atomic mass is 9.85. The van der Waals surface area contributed by atoms with Crippen molar-refractivity contribution < 1.29 is 9.47 Å². The van der Waals surface area contributed by atoms with E-state index in [1.165, 1.54) is 44.1 Å². The highest BCUT2D eigenvalue weighted by Gasteiger charge is 2.43. The van der Waals surface area contributed by atoms with Gasteiger partial charge in [-0.3, -0.25) is 4.99 Å². The van der Waals surface area contributed by atoms with Gasteiger partial charge in [-0.25, -0.2) is 0 Å². The molecule has 0 bridgehead atoms. The summed E-state index contributed by atoms with van der Waals surface area (Å²) in [5.74, 6) is 3.82. The van der Waals surface area contributed by atoms with Gasteiger partial charge in [0.25, 0.3) is 0 Å². The number of halogens is 1. The Kier molecular flexibility index (Phi) is 8.31. The minimum atomic E-state index is 0. The van der Waals surface area contributed by atoms with Gasteiger partial charge in [-0.2, -0.15) is 0 Å². The van der Waals surface area contributed by atoms with Gasteiger partial charge in [0.15, 0.2) is 17.5 Å². The highest BCUT2D eigenvalue weighted by atomic mass is 127. The first kappa shape index (κ1) is 21.1. The van der Waals surface area contributed by atoms with E-state index < -0.39 is 0 Å². The summed E-state index contributed by atoms with van der Waals surface area (Å²) in [7, 11) is 3.30. The van der Waals surface area contributed by atoms with Crippen molar-refractivity contribution in [3.63, 3.8) is 0 Å². The van der Waals surface area contributed by atoms with E-state index in [1.807, 2.05) is 18.2 Å². The molecular weight excluding hydrogens is 441 g/mol. The quantitative estimate of drug-likeness (QED) is 0.360. The van der Waals surface area contributed by atoms with Crippen molar-refractivity contribution in [2.75, 3.05) is 20.8 Å². The molecule has 3 N–H and O–H groups in total. The minimum Gasteiger partial charge on any atom is -0.493 e. The number of hydrogen-bond acceptors (Lipinski definition) is 3. The highest BCUT2D eigenvalue weighted by Crippen LogP contribution is 2.44. The summed E-state index contributed by atoms with van der Waals surface area (Å²) in [6.45, 7) is 0.676. The fourth-order valence-corrected chi connectivity index (χ4v) is 4.04. The van der Waals surface area contributed by atoms with Crippen LogP contribution in [0.2, 0.25) is 0 Å². The smallest absolute Gasteiger partial charge is 0.188 e. The summed E-state index contributed by atoms with van der Waals surface area (Å²) in [5.41, 5.74) is 7.23. The molecular formula is C20H32IN3O2. The maximum Gasteiger partial charge on any atom is 0.188 e. The second kappa shape index (κ2) is 10.2. The molecule has 2 aliphatic carbocycles. The first-order valence-corrected chi connectivity index (χ1v) is 9.48. The lowest BCUT2D eigenvalue weighted by Crippen LogP contribution is -2.35. The number of nitrogens with one attached hydrogen (secondary N) is 1. The van der Waals surface area contributed by atoms with Crippen LogP contribution < -0.4 is 20.5 Å². The number of ether oxygens (including phenoxy) is 2. The minimum absolute atomic E-state index is 0. The van der Waals surface area contributed by atoms with Crippen LogP contribution in [0.5, 0.6) is 11.5 Å². The SMILES string of the molecule is COc1ccc(CCN=C(N)NC2CC2C2CCCCC2)cc1OC.I. The number of hydrogen-bond donors (Lipinski definition) is 2. The first-order chi connectivity index (χ1) is 12.2. The molecule has 2 fully saturated rings. The van der Waals surface area contributed by atoms with Gasteiger partial charge in [0, 0.05) is 12.6 Å². The average molecular weight is 473 g/mol. The number of methoxy groups -OCH3 is 2. The lowest BCUT2D eigenvalue weighted by molar-refractivity contribution is 0.316. The average Bonchev–Trinajstić information content (AvgIpc) is 3.41. The zero-order valence-electron chi connectivity index (χ0n) is 15.9. The molecule has 146 valence electrons. The van der Waals surface area contributed by atoms with Crippen molar-refractivity contribution in [1.82, 2.24) is 5.32 Å². The third-order valence-corrected chi connectivity index (χ3v) is 5.56. The van der Waals surface area contributed by atoms with Crippen LogP contribution in [0, 0.1) is 11.8 Å². The van der Waals surface area contributed by atoms with Crippen LogP contribution in [-0.2, 0) is 6.42 Å². The lowest BCUT2D eigenvalue weighted by Gasteiger charge is -2.21. The Morgan fingerprint density at radius 2 is 1.88 bits per heavy atom. The third kappa shape index (κ3) is 5.66. The Balaban J connectivity index is 0.00000243. The van der Waals surface area contributed by atoms with E-state index in [-0.39, 0.29) is 24.0 Å². The van der Waals surface area contributed by atoms with E-state index >= 15 is 0 Å². The molecule has 0 aliphatic heterocycles. The molecule has 2 atom stereocenters. The van der Waals surface area contributed by atoms with Gasteiger partial charge in [0.05, 0.1) is 14.2 Å². The molecule has 0 radical (unpaired) electrons. The van der Waals surface area contributed by atoms with E-state index in [0.717, 1.165) is 29.8 Å². The van der Waals surface area contributed by atoms with Gasteiger partial charge >= 0.3 is 0 Å². The van der Waals surface area contributed by atoms with Gasteiger partial charge < -0.3 is 20.5 Å². The van der Waals surface area contributed by atoms with Crippen molar-refractivity contribution >= 4 is 29.9 Å². The van der Waals surface area contributed by atoms with E-state index in [2.05, 4.69) is 10.3 Å². The van der Waals surface area contributed by atoms with Gasteiger partial charge in [-0.15, -0.1) is 24.0 Å². The van der Waals surface area contributed by atoms with Crippen molar-refractivity contribution in [2.24, 2.45) is 22.6 Å². The van der Waals surface area contributed by atoms with Crippen molar-refractivity contribution in [3.8, 4) is 11.5 Å². The van der Waals surface area contributed by atoms with Crippen LogP contribution >= 0.6 is 24.0 Å². The van der Waals surface area contributed by atoms with Crippen LogP contribution in [0.15, 0.2) is 23.2 Å².